The van der Waals surface area contributed by atoms with E-state index in [1.54, 1.807) is 11.8 Å². The van der Waals surface area contributed by atoms with E-state index in [0.29, 0.717) is 24.1 Å². The summed E-state index contributed by atoms with van der Waals surface area (Å²) in [7, 11) is 0. The first-order chi connectivity index (χ1) is 11.8. The Balaban J connectivity index is 0.00000338. The lowest BCUT2D eigenvalue weighted by atomic mass is 9.79. The molecule has 1 fully saturated rings. The van der Waals surface area contributed by atoms with Crippen LogP contribution in [0.3, 0.4) is 0 Å². The molecule has 1 saturated carbocycles. The minimum absolute atomic E-state index is 0. The standard InChI is InChI=1S/C15H23F3N4OS2.HI/c1-3-19-13(21-9-14(23)6-5-11(14)24-4-2)20-7-12-22-10(8-25-12)15(16,17)18;/h8,11,23H,3-7,9H2,1-2H3,(H2,19,20,21);1H. The van der Waals surface area contributed by atoms with Gasteiger partial charge in [-0.2, -0.15) is 24.9 Å². The molecule has 0 aliphatic heterocycles. The Morgan fingerprint density at radius 1 is 1.46 bits per heavy atom. The zero-order valence-corrected chi connectivity index (χ0v) is 18.6. The maximum absolute atomic E-state index is 12.6. The second kappa shape index (κ2) is 10.3. The minimum Gasteiger partial charge on any atom is -0.387 e. The first-order valence-electron chi connectivity index (χ1n) is 8.16. The Labute approximate surface area is 176 Å². The van der Waals surface area contributed by atoms with Crippen molar-refractivity contribution in [3.8, 4) is 0 Å². The third kappa shape index (κ3) is 6.41. The molecule has 3 N–H and O–H groups in total. The van der Waals surface area contributed by atoms with Crippen LogP contribution in [0.1, 0.15) is 37.4 Å². The number of rotatable bonds is 7. The second-order valence-corrected chi connectivity index (χ2v) is 8.18. The molecule has 0 amide bonds. The molecule has 0 spiro atoms. The lowest BCUT2D eigenvalue weighted by Gasteiger charge is -2.45. The molecule has 26 heavy (non-hydrogen) atoms. The van der Waals surface area contributed by atoms with Crippen molar-refractivity contribution in [1.29, 1.82) is 0 Å². The van der Waals surface area contributed by atoms with Gasteiger partial charge in [-0.15, -0.1) is 35.3 Å². The van der Waals surface area contributed by atoms with Gasteiger partial charge < -0.3 is 15.7 Å². The lowest BCUT2D eigenvalue weighted by Crippen LogP contribution is -2.58. The SMILES string of the molecule is CCNC(=NCc1nc(C(F)(F)F)cs1)NCC1(O)CCC1SCC.I. The molecule has 2 unspecified atom stereocenters. The quantitative estimate of drug-likeness (QED) is 0.290. The number of aliphatic imine (C=N–C) groups is 1. The van der Waals surface area contributed by atoms with E-state index in [1.165, 1.54) is 0 Å². The number of nitrogens with one attached hydrogen (secondary N) is 2. The van der Waals surface area contributed by atoms with Gasteiger partial charge in [0.1, 0.15) is 5.01 Å². The molecule has 1 heterocycles. The average Bonchev–Trinajstić information content (AvgIpc) is 3.03. The van der Waals surface area contributed by atoms with Crippen molar-refractivity contribution in [2.75, 3.05) is 18.8 Å². The summed E-state index contributed by atoms with van der Waals surface area (Å²) >= 11 is 2.68. The topological polar surface area (TPSA) is 69.5 Å². The van der Waals surface area contributed by atoms with Crippen LogP contribution in [0.4, 0.5) is 13.2 Å². The zero-order valence-electron chi connectivity index (χ0n) is 14.6. The third-order valence-electron chi connectivity index (χ3n) is 3.93. The van der Waals surface area contributed by atoms with Gasteiger partial charge >= 0.3 is 6.18 Å². The van der Waals surface area contributed by atoms with Crippen LogP contribution < -0.4 is 10.6 Å². The maximum atomic E-state index is 12.6. The van der Waals surface area contributed by atoms with E-state index >= 15 is 0 Å². The fourth-order valence-corrected chi connectivity index (χ4v) is 4.40. The number of thiazole rings is 1. The van der Waals surface area contributed by atoms with Crippen LogP contribution in [0.25, 0.3) is 0 Å². The van der Waals surface area contributed by atoms with Crippen LogP contribution in [0, 0.1) is 0 Å². The number of thioether (sulfide) groups is 1. The van der Waals surface area contributed by atoms with Crippen LogP contribution in [-0.2, 0) is 12.7 Å². The molecule has 1 aliphatic rings. The molecule has 0 bridgehead atoms. The van der Waals surface area contributed by atoms with Crippen molar-refractivity contribution in [2.45, 2.75) is 50.3 Å². The van der Waals surface area contributed by atoms with Gasteiger partial charge in [0.25, 0.3) is 0 Å². The summed E-state index contributed by atoms with van der Waals surface area (Å²) in [4.78, 5) is 7.83. The molecule has 0 saturated heterocycles. The Kier molecular flexibility index (Phi) is 9.44. The smallest absolute Gasteiger partial charge is 0.387 e. The summed E-state index contributed by atoms with van der Waals surface area (Å²) in [5, 5.41) is 18.2. The summed E-state index contributed by atoms with van der Waals surface area (Å²) in [5.74, 6) is 1.42. The number of halogens is 4. The molecule has 1 aromatic heterocycles. The Bertz CT molecular complexity index is 600. The maximum Gasteiger partial charge on any atom is 0.434 e. The lowest BCUT2D eigenvalue weighted by molar-refractivity contribution is -0.140. The molecule has 0 aromatic carbocycles. The van der Waals surface area contributed by atoms with Gasteiger partial charge in [-0.3, -0.25) is 0 Å². The predicted molar refractivity (Wildman–Crippen MR) is 111 cm³/mol. The van der Waals surface area contributed by atoms with E-state index in [9.17, 15) is 18.3 Å². The van der Waals surface area contributed by atoms with E-state index in [2.05, 4.69) is 27.5 Å². The van der Waals surface area contributed by atoms with Gasteiger partial charge in [-0.1, -0.05) is 6.92 Å². The van der Waals surface area contributed by atoms with E-state index in [1.807, 2.05) is 6.92 Å². The van der Waals surface area contributed by atoms with E-state index in [4.69, 9.17) is 0 Å². The molecular weight excluding hydrogens is 500 g/mol. The number of aromatic nitrogens is 1. The monoisotopic (exact) mass is 524 g/mol. The largest absolute Gasteiger partial charge is 0.434 e. The van der Waals surface area contributed by atoms with Crippen molar-refractivity contribution >= 4 is 53.0 Å². The molecular formula is C15H24F3IN4OS2. The average molecular weight is 524 g/mol. The first-order valence-corrected chi connectivity index (χ1v) is 10.1. The molecule has 150 valence electrons. The van der Waals surface area contributed by atoms with Gasteiger partial charge in [-0.25, -0.2) is 9.98 Å². The van der Waals surface area contributed by atoms with Crippen LogP contribution in [-0.4, -0.2) is 45.7 Å². The van der Waals surface area contributed by atoms with Gasteiger partial charge in [0, 0.05) is 23.7 Å². The van der Waals surface area contributed by atoms with Crippen molar-refractivity contribution in [1.82, 2.24) is 15.6 Å². The van der Waals surface area contributed by atoms with Gasteiger partial charge in [0.05, 0.1) is 12.1 Å². The fourth-order valence-electron chi connectivity index (χ4n) is 2.48. The molecule has 0 radical (unpaired) electrons. The molecule has 2 atom stereocenters. The molecule has 1 aromatic rings. The fraction of sp³-hybridized carbons (Fsp3) is 0.733. The van der Waals surface area contributed by atoms with Gasteiger partial charge in [0.2, 0.25) is 0 Å². The molecule has 1 aliphatic carbocycles. The highest BCUT2D eigenvalue weighted by atomic mass is 127. The highest BCUT2D eigenvalue weighted by Gasteiger charge is 2.45. The van der Waals surface area contributed by atoms with Crippen LogP contribution in [0.15, 0.2) is 10.4 Å². The summed E-state index contributed by atoms with van der Waals surface area (Å²) in [6.45, 7) is 4.99. The van der Waals surface area contributed by atoms with Gasteiger partial charge in [-0.05, 0) is 25.5 Å². The van der Waals surface area contributed by atoms with Crippen LogP contribution in [0.2, 0.25) is 0 Å². The highest BCUT2D eigenvalue weighted by Crippen LogP contribution is 2.40. The molecule has 11 heteroatoms. The van der Waals surface area contributed by atoms with Crippen LogP contribution in [0.5, 0.6) is 0 Å². The third-order valence-corrected chi connectivity index (χ3v) is 6.17. The normalized spacial score (nSPS) is 23.2. The van der Waals surface area contributed by atoms with Crippen molar-refractivity contribution in [2.24, 2.45) is 4.99 Å². The Hall–Kier alpha value is -0.270. The van der Waals surface area contributed by atoms with E-state index in [0.717, 1.165) is 35.3 Å². The number of guanidine groups is 1. The second-order valence-electron chi connectivity index (χ2n) is 5.76. The minimum atomic E-state index is -4.43. The highest BCUT2D eigenvalue weighted by molar-refractivity contribution is 14.0. The Morgan fingerprint density at radius 3 is 2.69 bits per heavy atom. The van der Waals surface area contributed by atoms with E-state index < -0.39 is 17.5 Å². The number of hydrogen-bond acceptors (Lipinski definition) is 5. The molecule has 2 rings (SSSR count). The number of alkyl halides is 3. The van der Waals surface area contributed by atoms with E-state index in [-0.39, 0.29) is 35.8 Å². The zero-order chi connectivity index (χ0) is 18.5. The van der Waals surface area contributed by atoms with Crippen molar-refractivity contribution in [3.05, 3.63) is 16.1 Å². The number of hydrogen-bond donors (Lipinski definition) is 3. The summed E-state index contributed by atoms with van der Waals surface area (Å²) < 4.78 is 37.7. The van der Waals surface area contributed by atoms with Gasteiger partial charge in [0.15, 0.2) is 11.7 Å². The summed E-state index contributed by atoms with van der Waals surface area (Å²) in [5.41, 5.74) is -1.65. The number of nitrogens with zero attached hydrogens (tertiary/aromatic N) is 2. The van der Waals surface area contributed by atoms with Crippen LogP contribution >= 0.6 is 47.1 Å². The van der Waals surface area contributed by atoms with Crippen molar-refractivity contribution in [3.63, 3.8) is 0 Å². The summed E-state index contributed by atoms with van der Waals surface area (Å²) in [6.07, 6.45) is -2.71. The summed E-state index contributed by atoms with van der Waals surface area (Å²) in [6, 6.07) is 0. The first kappa shape index (κ1) is 23.8. The molecule has 5 nitrogen and oxygen atoms in total. The van der Waals surface area contributed by atoms with Crippen molar-refractivity contribution < 1.29 is 18.3 Å². The number of aliphatic hydroxyl groups is 1. The Morgan fingerprint density at radius 2 is 2.19 bits per heavy atom. The predicted octanol–water partition coefficient (Wildman–Crippen LogP) is 3.48.